The number of nitro benzene ring substituents is 1. The zero-order valence-corrected chi connectivity index (χ0v) is 14.5. The van der Waals surface area contributed by atoms with Crippen molar-refractivity contribution in [3.8, 4) is 0 Å². The second kappa shape index (κ2) is 7.00. The van der Waals surface area contributed by atoms with Gasteiger partial charge in [-0.05, 0) is 41.3 Å². The molecule has 0 fully saturated rings. The molecule has 132 valence electrons. The molecule has 0 radical (unpaired) electrons. The standard InChI is InChI=1S/C23H17NO3/c25-23-18(14-16-10-12-19(13-11-16)24(26)27)15-22(17-6-2-1-3-7-17)20-8-4-5-9-21(20)23/h1-14,22H,15H2/b18-14+. The number of allylic oxidation sites excluding steroid dienone is 1. The molecule has 0 amide bonds. The van der Waals surface area contributed by atoms with E-state index in [9.17, 15) is 14.9 Å². The van der Waals surface area contributed by atoms with Crippen LogP contribution in [0.3, 0.4) is 0 Å². The Balaban J connectivity index is 1.76. The molecule has 1 aliphatic carbocycles. The summed E-state index contributed by atoms with van der Waals surface area (Å²) >= 11 is 0. The lowest BCUT2D eigenvalue weighted by atomic mass is 9.75. The largest absolute Gasteiger partial charge is 0.289 e. The van der Waals surface area contributed by atoms with Gasteiger partial charge >= 0.3 is 0 Å². The van der Waals surface area contributed by atoms with E-state index in [2.05, 4.69) is 12.1 Å². The molecule has 3 aromatic carbocycles. The maximum atomic E-state index is 13.0. The highest BCUT2D eigenvalue weighted by Gasteiger charge is 2.29. The summed E-state index contributed by atoms with van der Waals surface area (Å²) in [4.78, 5) is 23.4. The van der Waals surface area contributed by atoms with Gasteiger partial charge in [-0.3, -0.25) is 14.9 Å². The van der Waals surface area contributed by atoms with Crippen molar-refractivity contribution in [2.45, 2.75) is 12.3 Å². The molecule has 0 spiro atoms. The number of Topliss-reactive ketones (excluding diaryl/α,β-unsaturated/α-hetero) is 1. The zero-order valence-electron chi connectivity index (χ0n) is 14.5. The monoisotopic (exact) mass is 355 g/mol. The molecule has 1 atom stereocenters. The maximum absolute atomic E-state index is 13.0. The number of benzene rings is 3. The fraction of sp³-hybridized carbons (Fsp3) is 0.0870. The van der Waals surface area contributed by atoms with E-state index in [0.717, 1.165) is 22.3 Å². The molecule has 4 heteroatoms. The van der Waals surface area contributed by atoms with Crippen LogP contribution in [0.2, 0.25) is 0 Å². The molecule has 1 unspecified atom stereocenters. The van der Waals surface area contributed by atoms with Gasteiger partial charge in [-0.25, -0.2) is 0 Å². The number of nitro groups is 1. The van der Waals surface area contributed by atoms with Crippen molar-refractivity contribution < 1.29 is 9.72 Å². The van der Waals surface area contributed by atoms with E-state index in [4.69, 9.17) is 0 Å². The molecule has 27 heavy (non-hydrogen) atoms. The second-order valence-electron chi connectivity index (χ2n) is 6.60. The average Bonchev–Trinajstić information content (AvgIpc) is 2.71. The van der Waals surface area contributed by atoms with E-state index in [1.807, 2.05) is 48.5 Å². The van der Waals surface area contributed by atoms with Crippen molar-refractivity contribution >= 4 is 17.5 Å². The van der Waals surface area contributed by atoms with Crippen molar-refractivity contribution in [2.24, 2.45) is 0 Å². The number of nitrogens with zero attached hydrogens (tertiary/aromatic N) is 1. The molecule has 4 rings (SSSR count). The Morgan fingerprint density at radius 1 is 0.889 bits per heavy atom. The van der Waals surface area contributed by atoms with Crippen molar-refractivity contribution in [3.05, 3.63) is 117 Å². The predicted octanol–water partition coefficient (Wildman–Crippen LogP) is 5.40. The Morgan fingerprint density at radius 3 is 2.26 bits per heavy atom. The fourth-order valence-corrected chi connectivity index (χ4v) is 3.60. The van der Waals surface area contributed by atoms with Crippen LogP contribution in [-0.4, -0.2) is 10.7 Å². The van der Waals surface area contributed by atoms with Gasteiger partial charge in [0.05, 0.1) is 4.92 Å². The van der Waals surface area contributed by atoms with Crippen LogP contribution in [-0.2, 0) is 0 Å². The first-order valence-corrected chi connectivity index (χ1v) is 8.77. The van der Waals surface area contributed by atoms with Crippen molar-refractivity contribution in [1.82, 2.24) is 0 Å². The van der Waals surface area contributed by atoms with E-state index in [1.165, 1.54) is 17.7 Å². The first-order chi connectivity index (χ1) is 13.1. The van der Waals surface area contributed by atoms with Crippen LogP contribution in [0.1, 0.15) is 39.4 Å². The third-order valence-electron chi connectivity index (χ3n) is 4.94. The van der Waals surface area contributed by atoms with Gasteiger partial charge in [0.1, 0.15) is 0 Å². The lowest BCUT2D eigenvalue weighted by Gasteiger charge is -2.27. The minimum atomic E-state index is -0.426. The molecular weight excluding hydrogens is 338 g/mol. The van der Waals surface area contributed by atoms with Gasteiger partial charge in [0.2, 0.25) is 0 Å². The van der Waals surface area contributed by atoms with Gasteiger partial charge in [0.15, 0.2) is 5.78 Å². The van der Waals surface area contributed by atoms with Crippen LogP contribution in [0.15, 0.2) is 84.4 Å². The van der Waals surface area contributed by atoms with Gasteiger partial charge in [-0.2, -0.15) is 0 Å². The third-order valence-corrected chi connectivity index (χ3v) is 4.94. The number of hydrogen-bond acceptors (Lipinski definition) is 3. The molecule has 0 saturated carbocycles. The van der Waals surface area contributed by atoms with Crippen molar-refractivity contribution in [2.75, 3.05) is 0 Å². The van der Waals surface area contributed by atoms with Gasteiger partial charge in [-0.1, -0.05) is 54.6 Å². The summed E-state index contributed by atoms with van der Waals surface area (Å²) in [7, 11) is 0. The Hall–Kier alpha value is -3.53. The highest BCUT2D eigenvalue weighted by Crippen LogP contribution is 2.39. The summed E-state index contributed by atoms with van der Waals surface area (Å²) in [6.07, 6.45) is 2.45. The zero-order chi connectivity index (χ0) is 18.8. The number of ketones is 1. The summed E-state index contributed by atoms with van der Waals surface area (Å²) in [6, 6.07) is 24.2. The molecule has 4 nitrogen and oxygen atoms in total. The Morgan fingerprint density at radius 2 is 1.56 bits per heavy atom. The number of hydrogen-bond donors (Lipinski definition) is 0. The third kappa shape index (κ3) is 3.29. The molecule has 0 N–H and O–H groups in total. The van der Waals surface area contributed by atoms with Gasteiger partial charge in [-0.15, -0.1) is 0 Å². The normalized spacial score (nSPS) is 17.6. The van der Waals surface area contributed by atoms with Crippen LogP contribution in [0, 0.1) is 10.1 Å². The molecular formula is C23H17NO3. The minimum Gasteiger partial charge on any atom is -0.289 e. The smallest absolute Gasteiger partial charge is 0.269 e. The molecule has 0 bridgehead atoms. The number of rotatable bonds is 3. The summed E-state index contributed by atoms with van der Waals surface area (Å²) in [5.41, 5.74) is 4.50. The van der Waals surface area contributed by atoms with Crippen LogP contribution in [0.5, 0.6) is 0 Å². The first kappa shape index (κ1) is 16.9. The molecule has 0 aromatic heterocycles. The SMILES string of the molecule is O=C1/C(=C/c2ccc([N+](=O)[O-])cc2)CC(c2ccccc2)c2ccccc21. The van der Waals surface area contributed by atoms with Gasteiger partial charge in [0.25, 0.3) is 5.69 Å². The molecule has 0 saturated heterocycles. The van der Waals surface area contributed by atoms with Crippen LogP contribution in [0.4, 0.5) is 5.69 Å². The number of carbonyl (C=O) groups is 1. The summed E-state index contributed by atoms with van der Waals surface area (Å²) < 4.78 is 0. The van der Waals surface area contributed by atoms with Gasteiger partial charge in [0, 0.05) is 29.2 Å². The van der Waals surface area contributed by atoms with E-state index in [-0.39, 0.29) is 17.4 Å². The Bertz CT molecular complexity index is 1040. The quantitative estimate of drug-likeness (QED) is 0.359. The van der Waals surface area contributed by atoms with Crippen molar-refractivity contribution in [1.29, 1.82) is 0 Å². The topological polar surface area (TPSA) is 60.2 Å². The van der Waals surface area contributed by atoms with Gasteiger partial charge < -0.3 is 0 Å². The van der Waals surface area contributed by atoms with E-state index >= 15 is 0 Å². The highest BCUT2D eigenvalue weighted by molar-refractivity contribution is 6.13. The summed E-state index contributed by atoms with van der Waals surface area (Å²) in [6.45, 7) is 0. The minimum absolute atomic E-state index is 0.0242. The molecule has 0 heterocycles. The van der Waals surface area contributed by atoms with Crippen LogP contribution < -0.4 is 0 Å². The Labute approximate surface area is 156 Å². The lowest BCUT2D eigenvalue weighted by Crippen LogP contribution is -2.19. The van der Waals surface area contributed by atoms with Crippen LogP contribution in [0.25, 0.3) is 6.08 Å². The number of carbonyl (C=O) groups excluding carboxylic acids is 1. The molecule has 1 aliphatic rings. The summed E-state index contributed by atoms with van der Waals surface area (Å²) in [5.74, 6) is 0.139. The van der Waals surface area contributed by atoms with E-state index < -0.39 is 4.92 Å². The second-order valence-corrected chi connectivity index (χ2v) is 6.60. The maximum Gasteiger partial charge on any atom is 0.269 e. The fourth-order valence-electron chi connectivity index (χ4n) is 3.60. The highest BCUT2D eigenvalue weighted by atomic mass is 16.6. The van der Waals surface area contributed by atoms with Crippen LogP contribution >= 0.6 is 0 Å². The number of fused-ring (bicyclic) bond motifs is 1. The van der Waals surface area contributed by atoms with Crippen molar-refractivity contribution in [3.63, 3.8) is 0 Å². The lowest BCUT2D eigenvalue weighted by molar-refractivity contribution is -0.384. The van der Waals surface area contributed by atoms with E-state index in [1.54, 1.807) is 12.1 Å². The Kier molecular flexibility index (Phi) is 4.38. The number of non-ortho nitro benzene ring substituents is 1. The predicted molar refractivity (Wildman–Crippen MR) is 105 cm³/mol. The molecule has 0 aliphatic heterocycles. The molecule has 3 aromatic rings. The first-order valence-electron chi connectivity index (χ1n) is 8.77. The average molecular weight is 355 g/mol. The van der Waals surface area contributed by atoms with E-state index in [0.29, 0.717) is 6.42 Å². The summed E-state index contributed by atoms with van der Waals surface area (Å²) in [5, 5.41) is 10.8.